The van der Waals surface area contributed by atoms with Gasteiger partial charge in [0.1, 0.15) is 5.60 Å². The molecule has 1 unspecified atom stereocenters. The average molecular weight is 412 g/mol. The largest absolute Gasteiger partial charge is 0.472 e. The molecule has 2 N–H and O–H groups in total. The summed E-state index contributed by atoms with van der Waals surface area (Å²) in [5.74, 6) is 1.12. The molecule has 1 amide bonds. The van der Waals surface area contributed by atoms with E-state index in [-0.39, 0.29) is 24.1 Å². The van der Waals surface area contributed by atoms with Gasteiger partial charge in [-0.2, -0.15) is 0 Å². The Hall–Kier alpha value is -3.09. The molecule has 162 valence electrons. The lowest BCUT2D eigenvalue weighted by atomic mass is 10.1. The van der Waals surface area contributed by atoms with Crippen LogP contribution in [0.1, 0.15) is 44.9 Å². The third-order valence-electron chi connectivity index (χ3n) is 4.19. The zero-order valence-corrected chi connectivity index (χ0v) is 18.8. The highest BCUT2D eigenvalue weighted by atomic mass is 16.5. The van der Waals surface area contributed by atoms with E-state index in [0.29, 0.717) is 18.4 Å². The first-order chi connectivity index (χ1) is 14.1. The Morgan fingerprint density at radius 1 is 1.17 bits per heavy atom. The summed E-state index contributed by atoms with van der Waals surface area (Å²) in [6, 6.07) is 13.9. The lowest BCUT2D eigenvalue weighted by Crippen LogP contribution is -2.43. The number of aliphatic imine (C=N–C) groups is 1. The van der Waals surface area contributed by atoms with Crippen molar-refractivity contribution in [3.8, 4) is 5.88 Å². The predicted octanol–water partition coefficient (Wildman–Crippen LogP) is 3.14. The summed E-state index contributed by atoms with van der Waals surface area (Å²) in [5, 5.41) is 6.48. The molecule has 0 radical (unpaired) electrons. The minimum absolute atomic E-state index is 0.0257. The Bertz CT molecular complexity index is 827. The minimum Gasteiger partial charge on any atom is -0.472 e. The topological polar surface area (TPSA) is 78.9 Å². The average Bonchev–Trinajstić information content (AvgIpc) is 2.70. The molecular formula is C23H33N5O2. The number of hydrogen-bond acceptors (Lipinski definition) is 4. The van der Waals surface area contributed by atoms with Crippen LogP contribution in [-0.4, -0.2) is 48.0 Å². The molecule has 30 heavy (non-hydrogen) atoms. The first-order valence-corrected chi connectivity index (χ1v) is 10.1. The highest BCUT2D eigenvalue weighted by Gasteiger charge is 2.13. The standard InChI is InChI=1S/C23H33N5O2/c1-17(19-10-8-7-9-11-19)27-22(26-16-21(29)28(5)6)25-15-18-12-13-20(24-14-18)30-23(2,3)4/h7-14,17H,15-16H2,1-6H3,(H2,25,26,27). The molecule has 0 spiro atoms. The number of rotatable bonds is 7. The number of likely N-dealkylation sites (N-methyl/N-ethyl adjacent to an activating group) is 1. The van der Waals surface area contributed by atoms with Gasteiger partial charge < -0.3 is 20.3 Å². The van der Waals surface area contributed by atoms with Crippen molar-refractivity contribution in [2.45, 2.75) is 45.9 Å². The second kappa shape index (κ2) is 10.6. The van der Waals surface area contributed by atoms with Gasteiger partial charge in [0.25, 0.3) is 0 Å². The lowest BCUT2D eigenvalue weighted by Gasteiger charge is -2.20. The zero-order valence-electron chi connectivity index (χ0n) is 18.8. The maximum absolute atomic E-state index is 12.0. The fourth-order valence-electron chi connectivity index (χ4n) is 2.55. The molecular weight excluding hydrogens is 378 g/mol. The van der Waals surface area contributed by atoms with E-state index in [1.54, 1.807) is 25.2 Å². The Kier molecular flexibility index (Phi) is 8.21. The zero-order chi connectivity index (χ0) is 22.1. The summed E-state index contributed by atoms with van der Waals surface area (Å²) < 4.78 is 5.76. The van der Waals surface area contributed by atoms with Crippen molar-refractivity contribution in [2.24, 2.45) is 4.99 Å². The second-order valence-electron chi connectivity index (χ2n) is 8.30. The normalized spacial score (nSPS) is 12.8. The van der Waals surface area contributed by atoms with Gasteiger partial charge >= 0.3 is 0 Å². The molecule has 0 aliphatic rings. The van der Waals surface area contributed by atoms with Crippen LogP contribution in [0.15, 0.2) is 53.7 Å². The number of aromatic nitrogens is 1. The Balaban J connectivity index is 2.08. The first-order valence-electron chi connectivity index (χ1n) is 10.1. The number of pyridine rings is 1. The fourth-order valence-corrected chi connectivity index (χ4v) is 2.55. The van der Waals surface area contributed by atoms with Gasteiger partial charge in [-0.1, -0.05) is 36.4 Å². The Morgan fingerprint density at radius 3 is 2.43 bits per heavy atom. The number of amides is 1. The maximum atomic E-state index is 12.0. The van der Waals surface area contributed by atoms with Crippen LogP contribution >= 0.6 is 0 Å². The highest BCUT2D eigenvalue weighted by molar-refractivity contribution is 5.86. The van der Waals surface area contributed by atoms with Crippen molar-refractivity contribution >= 4 is 11.9 Å². The van der Waals surface area contributed by atoms with Gasteiger partial charge in [0.05, 0.1) is 19.1 Å². The number of nitrogens with zero attached hydrogens (tertiary/aromatic N) is 3. The molecule has 0 aliphatic heterocycles. The Morgan fingerprint density at radius 2 is 1.87 bits per heavy atom. The van der Waals surface area contributed by atoms with Crippen molar-refractivity contribution in [3.05, 3.63) is 59.8 Å². The van der Waals surface area contributed by atoms with Gasteiger partial charge in [-0.05, 0) is 38.8 Å². The molecule has 1 heterocycles. The predicted molar refractivity (Wildman–Crippen MR) is 120 cm³/mol. The van der Waals surface area contributed by atoms with Crippen molar-refractivity contribution in [1.82, 2.24) is 20.5 Å². The smallest absolute Gasteiger partial charge is 0.241 e. The van der Waals surface area contributed by atoms with Gasteiger partial charge in [0.2, 0.25) is 11.8 Å². The second-order valence-corrected chi connectivity index (χ2v) is 8.30. The van der Waals surface area contributed by atoms with E-state index in [9.17, 15) is 4.79 Å². The fraction of sp³-hybridized carbons (Fsp3) is 0.435. The molecule has 1 aromatic carbocycles. The van der Waals surface area contributed by atoms with Crippen molar-refractivity contribution in [1.29, 1.82) is 0 Å². The van der Waals surface area contributed by atoms with Gasteiger partial charge in [0, 0.05) is 26.4 Å². The molecule has 0 fully saturated rings. The number of benzene rings is 1. The monoisotopic (exact) mass is 411 g/mol. The molecule has 2 rings (SSSR count). The summed E-state index contributed by atoms with van der Waals surface area (Å²) in [6.45, 7) is 8.60. The van der Waals surface area contributed by atoms with Crippen LogP contribution in [0.25, 0.3) is 0 Å². The molecule has 0 saturated heterocycles. The molecule has 0 bridgehead atoms. The Labute approximate surface area is 179 Å². The van der Waals surface area contributed by atoms with Crippen molar-refractivity contribution in [2.75, 3.05) is 20.6 Å². The van der Waals surface area contributed by atoms with Gasteiger partial charge in [0.15, 0.2) is 5.96 Å². The van der Waals surface area contributed by atoms with Gasteiger partial charge in [-0.3, -0.25) is 4.79 Å². The van der Waals surface area contributed by atoms with E-state index >= 15 is 0 Å². The van der Waals surface area contributed by atoms with Crippen LogP contribution in [0.5, 0.6) is 5.88 Å². The van der Waals surface area contributed by atoms with Crippen LogP contribution in [0.4, 0.5) is 0 Å². The minimum atomic E-state index is -0.291. The quantitative estimate of drug-likeness (QED) is 0.541. The molecule has 7 nitrogen and oxygen atoms in total. The van der Waals surface area contributed by atoms with Crippen LogP contribution in [0, 0.1) is 0 Å². The number of carbonyl (C=O) groups excluding carboxylic acids is 1. The number of ether oxygens (including phenoxy) is 1. The third-order valence-corrected chi connectivity index (χ3v) is 4.19. The summed E-state index contributed by atoms with van der Waals surface area (Å²) in [5.41, 5.74) is 1.79. The van der Waals surface area contributed by atoms with E-state index in [1.165, 1.54) is 0 Å². The molecule has 2 aromatic rings. The van der Waals surface area contributed by atoms with Crippen molar-refractivity contribution < 1.29 is 9.53 Å². The van der Waals surface area contributed by atoms with Crippen LogP contribution in [0.2, 0.25) is 0 Å². The number of hydrogen-bond donors (Lipinski definition) is 2. The van der Waals surface area contributed by atoms with Crippen molar-refractivity contribution in [3.63, 3.8) is 0 Å². The third kappa shape index (κ3) is 8.11. The van der Waals surface area contributed by atoms with Gasteiger partial charge in [-0.15, -0.1) is 0 Å². The highest BCUT2D eigenvalue weighted by Crippen LogP contribution is 2.16. The summed E-state index contributed by atoms with van der Waals surface area (Å²) >= 11 is 0. The number of carbonyl (C=O) groups is 1. The number of nitrogens with one attached hydrogen (secondary N) is 2. The van der Waals surface area contributed by atoms with Crippen LogP contribution in [0.3, 0.4) is 0 Å². The van der Waals surface area contributed by atoms with E-state index in [2.05, 4.69) is 39.7 Å². The van der Waals surface area contributed by atoms with E-state index < -0.39 is 0 Å². The lowest BCUT2D eigenvalue weighted by molar-refractivity contribution is -0.127. The van der Waals surface area contributed by atoms with Crippen LogP contribution in [-0.2, 0) is 11.3 Å². The SMILES string of the molecule is CC(NC(=NCc1ccc(OC(C)(C)C)nc1)NCC(=O)N(C)C)c1ccccc1. The summed E-state index contributed by atoms with van der Waals surface area (Å²) in [7, 11) is 3.46. The van der Waals surface area contributed by atoms with Gasteiger partial charge in [-0.25, -0.2) is 9.98 Å². The van der Waals surface area contributed by atoms with E-state index in [4.69, 9.17) is 4.74 Å². The molecule has 7 heteroatoms. The van der Waals surface area contributed by atoms with E-state index in [1.807, 2.05) is 51.1 Å². The summed E-state index contributed by atoms with van der Waals surface area (Å²) in [6.07, 6.45) is 1.76. The molecule has 0 aliphatic carbocycles. The first kappa shape index (κ1) is 23.2. The van der Waals surface area contributed by atoms with E-state index in [0.717, 1.165) is 11.1 Å². The maximum Gasteiger partial charge on any atom is 0.241 e. The molecule has 1 aromatic heterocycles. The van der Waals surface area contributed by atoms with Crippen LogP contribution < -0.4 is 15.4 Å². The summed E-state index contributed by atoms with van der Waals surface area (Å²) in [4.78, 5) is 22.5. The molecule has 1 atom stereocenters. The molecule has 0 saturated carbocycles. The number of guanidine groups is 1.